The van der Waals surface area contributed by atoms with Crippen molar-refractivity contribution in [2.24, 2.45) is 0 Å². The Morgan fingerprint density at radius 1 is 1.17 bits per heavy atom. The van der Waals surface area contributed by atoms with Crippen LogP contribution in [0.4, 0.5) is 0 Å². The molecule has 3 nitrogen and oxygen atoms in total. The van der Waals surface area contributed by atoms with Gasteiger partial charge in [-0.1, -0.05) is 58.0 Å². The topological polar surface area (TPSA) is 30.7 Å². The van der Waals surface area contributed by atoms with Gasteiger partial charge < -0.3 is 0 Å². The van der Waals surface area contributed by atoms with E-state index in [0.717, 1.165) is 0 Å². The molecule has 0 saturated heterocycles. The predicted molar refractivity (Wildman–Crippen MR) is 75.4 cm³/mol. The van der Waals surface area contributed by atoms with Crippen molar-refractivity contribution in [3.05, 3.63) is 39.9 Å². The lowest BCUT2D eigenvalue weighted by Gasteiger charge is -2.13. The first kappa shape index (κ1) is 14.2. The largest absolute Gasteiger partial charge is 0.250 e. The van der Waals surface area contributed by atoms with E-state index in [2.05, 4.69) is 10.1 Å². The quantitative estimate of drug-likeness (QED) is 0.701. The standard InChI is InChI=1S/C10H6Cl5N3/c1-5-16-9(10(13,14)15)18(17-5)8-3-2-6(11)4-7(8)12/h2-4H,1H3. The second-order valence-corrected chi connectivity index (χ2v) is 6.61. The van der Waals surface area contributed by atoms with E-state index in [1.54, 1.807) is 25.1 Å². The molecule has 1 aromatic heterocycles. The molecule has 0 aliphatic heterocycles. The summed E-state index contributed by atoms with van der Waals surface area (Å²) in [6.07, 6.45) is 0. The van der Waals surface area contributed by atoms with Gasteiger partial charge in [0.1, 0.15) is 5.82 Å². The molecule has 0 amide bonds. The third kappa shape index (κ3) is 2.86. The van der Waals surface area contributed by atoms with E-state index in [4.69, 9.17) is 58.0 Å². The van der Waals surface area contributed by atoms with Gasteiger partial charge in [-0.15, -0.1) is 0 Å². The Morgan fingerprint density at radius 3 is 2.39 bits per heavy atom. The van der Waals surface area contributed by atoms with Crippen molar-refractivity contribution in [1.82, 2.24) is 14.8 Å². The fraction of sp³-hybridized carbons (Fsp3) is 0.200. The van der Waals surface area contributed by atoms with E-state index in [0.29, 0.717) is 21.6 Å². The van der Waals surface area contributed by atoms with Crippen molar-refractivity contribution in [2.75, 3.05) is 0 Å². The molecule has 96 valence electrons. The molecule has 0 aliphatic rings. The second-order valence-electron chi connectivity index (χ2n) is 3.49. The Hall–Kier alpha value is -0.190. The van der Waals surface area contributed by atoms with Crippen molar-refractivity contribution in [1.29, 1.82) is 0 Å². The van der Waals surface area contributed by atoms with E-state index < -0.39 is 3.79 Å². The fourth-order valence-corrected chi connectivity index (χ4v) is 2.28. The molecule has 0 bridgehead atoms. The van der Waals surface area contributed by atoms with Gasteiger partial charge in [0.25, 0.3) is 0 Å². The lowest BCUT2D eigenvalue weighted by molar-refractivity contribution is 0.805. The average Bonchev–Trinajstić information content (AvgIpc) is 2.59. The molecule has 0 radical (unpaired) electrons. The van der Waals surface area contributed by atoms with Crippen molar-refractivity contribution >= 4 is 58.0 Å². The maximum atomic E-state index is 6.09. The van der Waals surface area contributed by atoms with Gasteiger partial charge in [-0.05, 0) is 25.1 Å². The monoisotopic (exact) mass is 343 g/mol. The van der Waals surface area contributed by atoms with Gasteiger partial charge in [-0.2, -0.15) is 5.10 Å². The Morgan fingerprint density at radius 2 is 1.83 bits per heavy atom. The molecule has 0 fully saturated rings. The number of halogens is 5. The summed E-state index contributed by atoms with van der Waals surface area (Å²) in [6, 6.07) is 4.93. The van der Waals surface area contributed by atoms with Gasteiger partial charge in [-0.25, -0.2) is 9.67 Å². The first-order chi connectivity index (χ1) is 8.29. The molecular weight excluding hydrogens is 339 g/mol. The van der Waals surface area contributed by atoms with E-state index >= 15 is 0 Å². The number of rotatable bonds is 1. The first-order valence-electron chi connectivity index (χ1n) is 4.75. The lowest BCUT2D eigenvalue weighted by atomic mass is 10.3. The fourth-order valence-electron chi connectivity index (χ4n) is 1.42. The van der Waals surface area contributed by atoms with E-state index in [1.165, 1.54) is 4.68 Å². The van der Waals surface area contributed by atoms with Crippen LogP contribution in [0.15, 0.2) is 18.2 Å². The van der Waals surface area contributed by atoms with Crippen LogP contribution in [-0.2, 0) is 3.79 Å². The summed E-state index contributed by atoms with van der Waals surface area (Å²) in [5.41, 5.74) is 0.544. The van der Waals surface area contributed by atoms with Gasteiger partial charge in [-0.3, -0.25) is 0 Å². The SMILES string of the molecule is Cc1nc(C(Cl)(Cl)Cl)n(-c2ccc(Cl)cc2Cl)n1. The van der Waals surface area contributed by atoms with Gasteiger partial charge in [0.05, 0.1) is 10.7 Å². The van der Waals surface area contributed by atoms with Crippen LogP contribution in [0, 0.1) is 6.92 Å². The summed E-state index contributed by atoms with van der Waals surface area (Å²) < 4.78 is -0.300. The Balaban J connectivity index is 2.64. The summed E-state index contributed by atoms with van der Waals surface area (Å²) in [5.74, 6) is 0.650. The normalized spacial score (nSPS) is 11.9. The van der Waals surface area contributed by atoms with Crippen molar-refractivity contribution in [3.63, 3.8) is 0 Å². The van der Waals surface area contributed by atoms with Crippen molar-refractivity contribution in [2.45, 2.75) is 10.7 Å². The van der Waals surface area contributed by atoms with E-state index in [-0.39, 0.29) is 5.82 Å². The Kier molecular flexibility index (Phi) is 4.00. The van der Waals surface area contributed by atoms with E-state index in [1.807, 2.05) is 0 Å². The number of hydrogen-bond acceptors (Lipinski definition) is 2. The minimum atomic E-state index is -1.69. The first-order valence-corrected chi connectivity index (χ1v) is 6.64. The highest BCUT2D eigenvalue weighted by Crippen LogP contribution is 2.38. The van der Waals surface area contributed by atoms with Gasteiger partial charge in [0.15, 0.2) is 5.82 Å². The number of hydrogen-bond donors (Lipinski definition) is 0. The van der Waals surface area contributed by atoms with Crippen LogP contribution < -0.4 is 0 Å². The number of benzene rings is 1. The van der Waals surface area contributed by atoms with Crippen molar-refractivity contribution < 1.29 is 0 Å². The van der Waals surface area contributed by atoms with Gasteiger partial charge in [0, 0.05) is 5.02 Å². The van der Waals surface area contributed by atoms with Crippen LogP contribution in [0.25, 0.3) is 5.69 Å². The zero-order valence-electron chi connectivity index (χ0n) is 8.96. The number of aromatic nitrogens is 3. The summed E-state index contributed by atoms with van der Waals surface area (Å²) in [4.78, 5) is 4.09. The highest BCUT2D eigenvalue weighted by molar-refractivity contribution is 6.66. The smallest absolute Gasteiger partial charge is 0.212 e. The van der Waals surface area contributed by atoms with Crippen LogP contribution >= 0.6 is 58.0 Å². The third-order valence-electron chi connectivity index (χ3n) is 2.10. The number of nitrogens with zero attached hydrogens (tertiary/aromatic N) is 3. The molecule has 1 aromatic carbocycles. The number of alkyl halides is 3. The molecule has 0 atom stereocenters. The predicted octanol–water partition coefficient (Wildman–Crippen LogP) is 4.71. The Bertz CT molecular complexity index is 588. The molecular formula is C10H6Cl5N3. The summed E-state index contributed by atoms with van der Waals surface area (Å²) in [7, 11) is 0. The van der Waals surface area contributed by atoms with Crippen molar-refractivity contribution in [3.8, 4) is 5.69 Å². The summed E-state index contributed by atoms with van der Waals surface area (Å²) in [5, 5.41) is 5.06. The van der Waals surface area contributed by atoms with Crippen LogP contribution in [0.1, 0.15) is 11.6 Å². The molecule has 8 heteroatoms. The zero-order chi connectivity index (χ0) is 13.5. The Labute approximate surface area is 129 Å². The molecule has 0 saturated carbocycles. The van der Waals surface area contributed by atoms with E-state index in [9.17, 15) is 0 Å². The zero-order valence-corrected chi connectivity index (χ0v) is 12.7. The minimum Gasteiger partial charge on any atom is -0.212 e. The second kappa shape index (κ2) is 5.06. The molecule has 1 heterocycles. The van der Waals surface area contributed by atoms with Crippen LogP contribution in [0.2, 0.25) is 10.0 Å². The van der Waals surface area contributed by atoms with Crippen LogP contribution in [0.5, 0.6) is 0 Å². The summed E-state index contributed by atoms with van der Waals surface area (Å²) in [6.45, 7) is 1.69. The molecule has 0 spiro atoms. The maximum Gasteiger partial charge on any atom is 0.250 e. The molecule has 2 rings (SSSR count). The van der Waals surface area contributed by atoms with Gasteiger partial charge >= 0.3 is 0 Å². The third-order valence-corrected chi connectivity index (χ3v) is 3.15. The molecule has 0 aliphatic carbocycles. The van der Waals surface area contributed by atoms with Gasteiger partial charge in [0.2, 0.25) is 3.79 Å². The van der Waals surface area contributed by atoms with Crippen LogP contribution in [0.3, 0.4) is 0 Å². The molecule has 0 N–H and O–H groups in total. The highest BCUT2D eigenvalue weighted by Gasteiger charge is 2.31. The average molecular weight is 345 g/mol. The molecule has 2 aromatic rings. The number of aryl methyl sites for hydroxylation is 1. The molecule has 0 unspecified atom stereocenters. The molecule has 18 heavy (non-hydrogen) atoms. The van der Waals surface area contributed by atoms with Crippen LogP contribution in [-0.4, -0.2) is 14.8 Å². The highest BCUT2D eigenvalue weighted by atomic mass is 35.6. The minimum absolute atomic E-state index is 0.175. The summed E-state index contributed by atoms with van der Waals surface area (Å²) >= 11 is 29.5. The lowest BCUT2D eigenvalue weighted by Crippen LogP contribution is -2.12. The maximum absolute atomic E-state index is 6.09.